The third kappa shape index (κ3) is 4.00. The molecular weight excluding hydrogens is 368 g/mol. The number of nitrogens with one attached hydrogen (secondary N) is 2. The summed E-state index contributed by atoms with van der Waals surface area (Å²) < 4.78 is 27.4. The minimum Gasteiger partial charge on any atom is -0.497 e. The summed E-state index contributed by atoms with van der Waals surface area (Å²) in [5, 5.41) is 5.64. The number of fused-ring (bicyclic) bond motifs is 1. The molecule has 0 spiro atoms. The first-order chi connectivity index (χ1) is 13.6. The van der Waals surface area contributed by atoms with Gasteiger partial charge in [-0.1, -0.05) is 0 Å². The summed E-state index contributed by atoms with van der Waals surface area (Å²) in [6.45, 7) is 0.572. The summed E-state index contributed by atoms with van der Waals surface area (Å²) in [7, 11) is 3.06. The molecule has 152 valence electrons. The molecule has 0 aromatic heterocycles. The molecule has 4 atom stereocenters. The van der Waals surface area contributed by atoms with Crippen molar-refractivity contribution in [2.45, 2.75) is 37.2 Å². The van der Waals surface area contributed by atoms with Crippen LogP contribution in [-0.4, -0.2) is 63.8 Å². The van der Waals surface area contributed by atoms with Crippen LogP contribution in [0.15, 0.2) is 18.2 Å². The van der Waals surface area contributed by atoms with Gasteiger partial charge in [0.15, 0.2) is 6.10 Å². The third-order valence-electron chi connectivity index (χ3n) is 5.14. The first-order valence-corrected chi connectivity index (χ1v) is 9.31. The van der Waals surface area contributed by atoms with E-state index in [1.54, 1.807) is 18.2 Å². The molecule has 1 aromatic rings. The number of methoxy groups -OCH3 is 2. The van der Waals surface area contributed by atoms with Gasteiger partial charge in [0.1, 0.15) is 23.7 Å². The second kappa shape index (κ2) is 7.84. The summed E-state index contributed by atoms with van der Waals surface area (Å²) >= 11 is 0. The van der Waals surface area contributed by atoms with Crippen molar-refractivity contribution in [1.29, 1.82) is 0 Å². The molecule has 3 fully saturated rings. The molecule has 9 nitrogen and oxygen atoms in total. The van der Waals surface area contributed by atoms with Gasteiger partial charge in [0.25, 0.3) is 0 Å². The van der Waals surface area contributed by atoms with Crippen molar-refractivity contribution in [3.63, 3.8) is 0 Å². The predicted molar refractivity (Wildman–Crippen MR) is 97.6 cm³/mol. The quantitative estimate of drug-likeness (QED) is 0.752. The van der Waals surface area contributed by atoms with Gasteiger partial charge in [0.2, 0.25) is 5.91 Å². The molecule has 1 aromatic carbocycles. The Hall–Kier alpha value is -2.52. The third-order valence-corrected chi connectivity index (χ3v) is 5.14. The fourth-order valence-corrected chi connectivity index (χ4v) is 3.50. The van der Waals surface area contributed by atoms with Crippen LogP contribution in [0.4, 0.5) is 10.5 Å². The molecule has 9 heteroatoms. The summed E-state index contributed by atoms with van der Waals surface area (Å²) in [6, 6.07) is 4.81. The fraction of sp³-hybridized carbons (Fsp3) is 0.579. The van der Waals surface area contributed by atoms with Crippen molar-refractivity contribution in [3.05, 3.63) is 18.2 Å². The molecule has 4 rings (SSSR count). The van der Waals surface area contributed by atoms with Gasteiger partial charge in [-0.3, -0.25) is 10.1 Å². The first-order valence-electron chi connectivity index (χ1n) is 9.31. The molecular formula is C19H24N2O7. The second-order valence-corrected chi connectivity index (χ2v) is 7.16. The van der Waals surface area contributed by atoms with Gasteiger partial charge in [0.05, 0.1) is 39.2 Å². The Morgan fingerprint density at radius 2 is 1.68 bits per heavy atom. The Labute approximate surface area is 162 Å². The van der Waals surface area contributed by atoms with Gasteiger partial charge in [-0.15, -0.1) is 0 Å². The monoisotopic (exact) mass is 392 g/mol. The highest BCUT2D eigenvalue weighted by Crippen LogP contribution is 2.32. The van der Waals surface area contributed by atoms with Crippen LogP contribution in [0, 0.1) is 5.92 Å². The fourth-order valence-electron chi connectivity index (χ4n) is 3.50. The number of carbonyl (C=O) groups is 2. The number of amides is 2. The maximum absolute atomic E-state index is 12.3. The van der Waals surface area contributed by atoms with Crippen molar-refractivity contribution in [3.8, 4) is 11.5 Å². The topological polar surface area (TPSA) is 104 Å². The standard InChI is InChI=1S/C19H24N2O7/c1-24-12-5-11(6-13(7-12)25-2)20-19(23)28-15-9-27-16-14(8-26-17(15)16)21-18(22)10-3-4-10/h5-7,10,14-17H,3-4,8-9H2,1-2H3,(H,20,23)(H,21,22)/t14-,15-,16-,17+/m0/s1. The van der Waals surface area contributed by atoms with E-state index < -0.39 is 18.3 Å². The summed E-state index contributed by atoms with van der Waals surface area (Å²) in [6.07, 6.45) is 0.0106. The Balaban J connectivity index is 1.32. The number of benzene rings is 1. The summed E-state index contributed by atoms with van der Waals surface area (Å²) in [4.78, 5) is 24.3. The smallest absolute Gasteiger partial charge is 0.412 e. The SMILES string of the molecule is COc1cc(NC(=O)O[C@H]2CO[C@@H]3[C@@H]2OC[C@@H]3NC(=O)C2CC2)cc(OC)c1. The van der Waals surface area contributed by atoms with Gasteiger partial charge < -0.3 is 29.0 Å². The number of rotatable bonds is 6. The van der Waals surface area contributed by atoms with E-state index in [0.717, 1.165) is 12.8 Å². The lowest BCUT2D eigenvalue weighted by atomic mass is 10.1. The minimum absolute atomic E-state index is 0.0481. The highest BCUT2D eigenvalue weighted by Gasteiger charge is 2.50. The number of anilines is 1. The lowest BCUT2D eigenvalue weighted by Crippen LogP contribution is -2.45. The van der Waals surface area contributed by atoms with Crippen LogP contribution in [0.3, 0.4) is 0 Å². The van der Waals surface area contributed by atoms with Gasteiger partial charge >= 0.3 is 6.09 Å². The molecule has 2 N–H and O–H groups in total. The number of hydrogen-bond donors (Lipinski definition) is 2. The van der Waals surface area contributed by atoms with E-state index in [0.29, 0.717) is 23.8 Å². The zero-order chi connectivity index (χ0) is 19.7. The normalized spacial score (nSPS) is 28.4. The van der Waals surface area contributed by atoms with Crippen LogP contribution in [-0.2, 0) is 19.0 Å². The Kier molecular flexibility index (Phi) is 5.27. The van der Waals surface area contributed by atoms with E-state index >= 15 is 0 Å². The van der Waals surface area contributed by atoms with Gasteiger partial charge in [-0.2, -0.15) is 0 Å². The number of hydrogen-bond acceptors (Lipinski definition) is 7. The van der Waals surface area contributed by atoms with E-state index in [9.17, 15) is 9.59 Å². The van der Waals surface area contributed by atoms with Crippen LogP contribution in [0.5, 0.6) is 11.5 Å². The van der Waals surface area contributed by atoms with Crippen molar-refractivity contribution in [1.82, 2.24) is 5.32 Å². The molecule has 3 aliphatic rings. The molecule has 28 heavy (non-hydrogen) atoms. The molecule has 1 saturated carbocycles. The van der Waals surface area contributed by atoms with Crippen molar-refractivity contribution in [2.75, 3.05) is 32.8 Å². The predicted octanol–water partition coefficient (Wildman–Crippen LogP) is 1.31. The van der Waals surface area contributed by atoms with Crippen LogP contribution in [0.1, 0.15) is 12.8 Å². The van der Waals surface area contributed by atoms with Crippen LogP contribution in [0.2, 0.25) is 0 Å². The molecule has 1 aliphatic carbocycles. The molecule has 0 bridgehead atoms. The first kappa shape index (κ1) is 18.8. The van der Waals surface area contributed by atoms with Crippen LogP contribution in [0.25, 0.3) is 0 Å². The Morgan fingerprint density at radius 3 is 2.32 bits per heavy atom. The van der Waals surface area contributed by atoms with E-state index in [-0.39, 0.29) is 30.6 Å². The lowest BCUT2D eigenvalue weighted by molar-refractivity contribution is -0.123. The zero-order valence-corrected chi connectivity index (χ0v) is 15.8. The molecule has 2 heterocycles. The van der Waals surface area contributed by atoms with Gasteiger partial charge in [0, 0.05) is 24.1 Å². The van der Waals surface area contributed by atoms with E-state index in [4.69, 9.17) is 23.7 Å². The van der Waals surface area contributed by atoms with Gasteiger partial charge in [-0.05, 0) is 12.8 Å². The molecule has 0 radical (unpaired) electrons. The van der Waals surface area contributed by atoms with E-state index in [1.807, 2.05) is 0 Å². The van der Waals surface area contributed by atoms with Crippen molar-refractivity contribution >= 4 is 17.7 Å². The molecule has 2 amide bonds. The van der Waals surface area contributed by atoms with Crippen LogP contribution >= 0.6 is 0 Å². The van der Waals surface area contributed by atoms with E-state index in [2.05, 4.69) is 10.6 Å². The second-order valence-electron chi connectivity index (χ2n) is 7.16. The van der Waals surface area contributed by atoms with E-state index in [1.165, 1.54) is 14.2 Å². The largest absolute Gasteiger partial charge is 0.497 e. The minimum atomic E-state index is -0.626. The average molecular weight is 392 g/mol. The maximum atomic E-state index is 12.3. The summed E-state index contributed by atoms with van der Waals surface area (Å²) in [5.74, 6) is 1.27. The number of carbonyl (C=O) groups excluding carboxylic acids is 2. The average Bonchev–Trinajstić information content (AvgIpc) is 3.37. The molecule has 2 saturated heterocycles. The van der Waals surface area contributed by atoms with Crippen molar-refractivity contribution in [2.24, 2.45) is 5.92 Å². The summed E-state index contributed by atoms with van der Waals surface area (Å²) in [5.41, 5.74) is 0.485. The van der Waals surface area contributed by atoms with Crippen LogP contribution < -0.4 is 20.1 Å². The molecule has 0 unspecified atom stereocenters. The highest BCUT2D eigenvalue weighted by molar-refractivity contribution is 5.85. The van der Waals surface area contributed by atoms with Crippen molar-refractivity contribution < 1.29 is 33.3 Å². The number of ether oxygens (including phenoxy) is 5. The maximum Gasteiger partial charge on any atom is 0.412 e. The Bertz CT molecular complexity index is 730. The lowest BCUT2D eigenvalue weighted by Gasteiger charge is -2.18. The molecule has 2 aliphatic heterocycles. The highest BCUT2D eigenvalue weighted by atomic mass is 16.6. The Morgan fingerprint density at radius 1 is 1.00 bits per heavy atom. The van der Waals surface area contributed by atoms with Gasteiger partial charge in [-0.25, -0.2) is 4.79 Å². The zero-order valence-electron chi connectivity index (χ0n) is 15.8.